The first kappa shape index (κ1) is 16.5. The fourth-order valence-electron chi connectivity index (χ4n) is 1.75. The van der Waals surface area contributed by atoms with Gasteiger partial charge in [-0.2, -0.15) is 0 Å². The van der Waals surface area contributed by atoms with Gasteiger partial charge in [0.2, 0.25) is 5.91 Å². The molecule has 0 atom stereocenters. The lowest BCUT2D eigenvalue weighted by atomic mass is 10.1. The fraction of sp³-hybridized carbons (Fsp3) is 0.267. The molecule has 0 fully saturated rings. The third-order valence-electron chi connectivity index (χ3n) is 2.95. The number of nitrogens with one attached hydrogen (secondary N) is 1. The van der Waals surface area contributed by atoms with Gasteiger partial charge in [-0.3, -0.25) is 4.79 Å². The minimum Gasteiger partial charge on any atom is -0.480 e. The molecular formula is C15H15ClN2O3S. The molecular weight excluding hydrogens is 324 g/mol. The number of carboxylic acids is 1. The lowest BCUT2D eigenvalue weighted by Crippen LogP contribution is -2.50. The largest absolute Gasteiger partial charge is 0.480 e. The summed E-state index contributed by atoms with van der Waals surface area (Å²) in [6, 6.07) is 7.31. The van der Waals surface area contributed by atoms with E-state index in [0.717, 1.165) is 10.6 Å². The van der Waals surface area contributed by atoms with Crippen molar-refractivity contribution in [2.75, 3.05) is 0 Å². The first-order valence-corrected chi connectivity index (χ1v) is 7.78. The molecule has 2 aromatic rings. The second-order valence-corrected chi connectivity index (χ2v) is 6.60. The number of aromatic nitrogens is 1. The number of thiazole rings is 1. The molecule has 7 heteroatoms. The highest BCUT2D eigenvalue weighted by Crippen LogP contribution is 2.26. The molecule has 0 spiro atoms. The van der Waals surface area contributed by atoms with Crippen molar-refractivity contribution in [1.29, 1.82) is 0 Å². The Hall–Kier alpha value is -1.92. The Morgan fingerprint density at radius 2 is 2.14 bits per heavy atom. The quantitative estimate of drug-likeness (QED) is 0.878. The minimum absolute atomic E-state index is 0.0355. The molecule has 0 saturated carbocycles. The van der Waals surface area contributed by atoms with Gasteiger partial charge in [-0.05, 0) is 26.0 Å². The smallest absolute Gasteiger partial charge is 0.328 e. The zero-order chi connectivity index (χ0) is 16.3. The Morgan fingerprint density at radius 1 is 1.41 bits per heavy atom. The molecule has 0 aliphatic rings. The number of carbonyl (C=O) groups is 2. The van der Waals surface area contributed by atoms with Crippen molar-refractivity contribution in [3.8, 4) is 10.6 Å². The minimum atomic E-state index is -1.30. The van der Waals surface area contributed by atoms with Crippen LogP contribution in [0.3, 0.4) is 0 Å². The van der Waals surface area contributed by atoms with Crippen molar-refractivity contribution in [1.82, 2.24) is 10.3 Å². The lowest BCUT2D eigenvalue weighted by molar-refractivity contribution is -0.145. The summed E-state index contributed by atoms with van der Waals surface area (Å²) < 4.78 is 0. The third-order valence-corrected chi connectivity index (χ3v) is 4.13. The first-order chi connectivity index (χ1) is 10.3. The molecule has 1 aromatic carbocycles. The maximum atomic E-state index is 11.9. The molecule has 116 valence electrons. The molecule has 5 nitrogen and oxygen atoms in total. The summed E-state index contributed by atoms with van der Waals surface area (Å²) in [4.78, 5) is 27.3. The Morgan fingerprint density at radius 3 is 2.77 bits per heavy atom. The molecule has 0 bridgehead atoms. The highest BCUT2D eigenvalue weighted by Gasteiger charge is 2.29. The van der Waals surface area contributed by atoms with Gasteiger partial charge in [-0.1, -0.05) is 23.7 Å². The van der Waals surface area contributed by atoms with E-state index in [2.05, 4.69) is 10.3 Å². The molecule has 0 unspecified atom stereocenters. The van der Waals surface area contributed by atoms with Crippen molar-refractivity contribution in [2.45, 2.75) is 25.8 Å². The van der Waals surface area contributed by atoms with Gasteiger partial charge < -0.3 is 10.4 Å². The van der Waals surface area contributed by atoms with Crippen molar-refractivity contribution >= 4 is 34.8 Å². The van der Waals surface area contributed by atoms with Crippen LogP contribution in [0.1, 0.15) is 19.5 Å². The van der Waals surface area contributed by atoms with Crippen LogP contribution in [0.25, 0.3) is 10.6 Å². The van der Waals surface area contributed by atoms with E-state index in [9.17, 15) is 9.59 Å². The van der Waals surface area contributed by atoms with Gasteiger partial charge in [0, 0.05) is 16.0 Å². The molecule has 0 saturated heterocycles. The van der Waals surface area contributed by atoms with Gasteiger partial charge in [-0.25, -0.2) is 9.78 Å². The number of hydrogen-bond acceptors (Lipinski definition) is 4. The molecule has 0 aliphatic carbocycles. The summed E-state index contributed by atoms with van der Waals surface area (Å²) in [7, 11) is 0. The van der Waals surface area contributed by atoms with Crippen LogP contribution < -0.4 is 5.32 Å². The number of benzene rings is 1. The van der Waals surface area contributed by atoms with Crippen LogP contribution in [0.4, 0.5) is 0 Å². The van der Waals surface area contributed by atoms with E-state index in [4.69, 9.17) is 16.7 Å². The van der Waals surface area contributed by atoms with Crippen LogP contribution in [-0.2, 0) is 16.0 Å². The van der Waals surface area contributed by atoms with Crippen molar-refractivity contribution in [2.24, 2.45) is 0 Å². The molecule has 1 heterocycles. The van der Waals surface area contributed by atoms with Gasteiger partial charge in [0.15, 0.2) is 0 Å². The van der Waals surface area contributed by atoms with E-state index in [1.807, 2.05) is 12.1 Å². The Balaban J connectivity index is 2.06. The number of halogens is 1. The average Bonchev–Trinajstić information content (AvgIpc) is 2.86. The van der Waals surface area contributed by atoms with Crippen LogP contribution >= 0.6 is 22.9 Å². The van der Waals surface area contributed by atoms with Crippen LogP contribution in [0, 0.1) is 0 Å². The van der Waals surface area contributed by atoms with Crippen LogP contribution in [0.5, 0.6) is 0 Å². The van der Waals surface area contributed by atoms with E-state index < -0.39 is 11.5 Å². The zero-order valence-electron chi connectivity index (χ0n) is 12.1. The second kappa shape index (κ2) is 6.46. The maximum Gasteiger partial charge on any atom is 0.328 e. The van der Waals surface area contributed by atoms with Gasteiger partial charge in [0.05, 0.1) is 12.1 Å². The summed E-state index contributed by atoms with van der Waals surface area (Å²) >= 11 is 7.36. The number of amides is 1. The van der Waals surface area contributed by atoms with Crippen molar-refractivity contribution < 1.29 is 14.7 Å². The topological polar surface area (TPSA) is 79.3 Å². The van der Waals surface area contributed by atoms with Crippen molar-refractivity contribution in [3.63, 3.8) is 0 Å². The van der Waals surface area contributed by atoms with E-state index in [-0.39, 0.29) is 12.3 Å². The Kier molecular flexibility index (Phi) is 4.83. The number of aliphatic carboxylic acids is 1. The maximum absolute atomic E-state index is 11.9. The number of nitrogens with zero attached hydrogens (tertiary/aromatic N) is 1. The summed E-state index contributed by atoms with van der Waals surface area (Å²) in [6.07, 6.45) is 0.0355. The van der Waals surface area contributed by atoms with Crippen LogP contribution in [-0.4, -0.2) is 27.5 Å². The normalized spacial score (nSPS) is 11.2. The summed E-state index contributed by atoms with van der Waals surface area (Å²) in [5.74, 6) is -1.46. The van der Waals surface area contributed by atoms with Crippen LogP contribution in [0.2, 0.25) is 5.02 Å². The fourth-order valence-corrected chi connectivity index (χ4v) is 2.76. The lowest BCUT2D eigenvalue weighted by Gasteiger charge is -2.20. The Labute approximate surface area is 137 Å². The number of carboxylic acid groups (broad SMARTS) is 1. The highest BCUT2D eigenvalue weighted by molar-refractivity contribution is 7.13. The van der Waals surface area contributed by atoms with Crippen LogP contribution in [0.15, 0.2) is 29.6 Å². The standard InChI is InChI=1S/C15H15ClN2O3S/c1-15(2,14(20)21)18-12(19)7-11-8-22-13(17-11)9-4-3-5-10(16)6-9/h3-6,8H,7H2,1-2H3,(H,18,19)(H,20,21). The molecule has 1 amide bonds. The number of carbonyl (C=O) groups excluding carboxylic acids is 1. The molecule has 0 radical (unpaired) electrons. The van der Waals surface area contributed by atoms with Gasteiger partial charge >= 0.3 is 5.97 Å². The predicted octanol–water partition coefficient (Wildman–Crippen LogP) is 2.99. The number of hydrogen-bond donors (Lipinski definition) is 2. The number of rotatable bonds is 5. The summed E-state index contributed by atoms with van der Waals surface area (Å²) in [5.41, 5.74) is 0.178. The SMILES string of the molecule is CC(C)(NC(=O)Cc1csc(-c2cccc(Cl)c2)n1)C(=O)O. The van der Waals surface area contributed by atoms with Gasteiger partial charge in [0.25, 0.3) is 0 Å². The van der Waals surface area contributed by atoms with E-state index >= 15 is 0 Å². The van der Waals surface area contributed by atoms with E-state index in [1.54, 1.807) is 17.5 Å². The van der Waals surface area contributed by atoms with Gasteiger partial charge in [-0.15, -0.1) is 11.3 Å². The van der Waals surface area contributed by atoms with E-state index in [0.29, 0.717) is 10.7 Å². The molecule has 22 heavy (non-hydrogen) atoms. The highest BCUT2D eigenvalue weighted by atomic mass is 35.5. The van der Waals surface area contributed by atoms with Gasteiger partial charge in [0.1, 0.15) is 10.5 Å². The monoisotopic (exact) mass is 338 g/mol. The molecule has 2 N–H and O–H groups in total. The zero-order valence-corrected chi connectivity index (χ0v) is 13.7. The summed E-state index contributed by atoms with van der Waals surface area (Å²) in [5, 5.41) is 14.6. The summed E-state index contributed by atoms with van der Waals surface area (Å²) in [6.45, 7) is 2.87. The van der Waals surface area contributed by atoms with E-state index in [1.165, 1.54) is 25.2 Å². The average molecular weight is 339 g/mol. The molecule has 1 aromatic heterocycles. The Bertz CT molecular complexity index is 712. The molecule has 2 rings (SSSR count). The third kappa shape index (κ3) is 4.05. The molecule has 0 aliphatic heterocycles. The second-order valence-electron chi connectivity index (χ2n) is 5.31. The van der Waals surface area contributed by atoms with Crippen molar-refractivity contribution in [3.05, 3.63) is 40.4 Å². The predicted molar refractivity (Wildman–Crippen MR) is 86.1 cm³/mol. The first-order valence-electron chi connectivity index (χ1n) is 6.53.